The molecule has 3 heterocycles. The van der Waals surface area contributed by atoms with Gasteiger partial charge in [0.25, 0.3) is 0 Å². The summed E-state index contributed by atoms with van der Waals surface area (Å²) < 4.78 is 6.55. The Morgan fingerprint density at radius 1 is 1.44 bits per heavy atom. The summed E-state index contributed by atoms with van der Waals surface area (Å²) in [5.41, 5.74) is -0.204. The average molecular weight is 346 g/mol. The largest absolute Gasteiger partial charge is 0.466 e. The molecule has 0 aliphatic carbocycles. The molecule has 0 bridgehead atoms. The third-order valence-corrected chi connectivity index (χ3v) is 4.06. The van der Waals surface area contributed by atoms with Crippen molar-refractivity contribution in [2.24, 2.45) is 5.92 Å². The number of carbonyl (C=O) groups excluding carboxylic acids is 1. The summed E-state index contributed by atoms with van der Waals surface area (Å²) in [6.07, 6.45) is 7.25. The number of hydrogen-bond donors (Lipinski definition) is 0. The molecule has 0 spiro atoms. The molecule has 1 aliphatic heterocycles. The molecule has 0 N–H and O–H groups in total. The highest BCUT2D eigenvalue weighted by molar-refractivity contribution is 5.74. The van der Waals surface area contributed by atoms with Gasteiger partial charge < -0.3 is 9.64 Å². The normalized spacial score (nSPS) is 17.3. The van der Waals surface area contributed by atoms with Gasteiger partial charge in [0.05, 0.1) is 17.4 Å². The van der Waals surface area contributed by atoms with E-state index < -0.39 is 4.92 Å². The number of hydrogen-bond acceptors (Lipinski definition) is 8. The maximum Gasteiger partial charge on any atom is 0.354 e. The van der Waals surface area contributed by atoms with Crippen molar-refractivity contribution < 1.29 is 14.5 Å². The van der Waals surface area contributed by atoms with Gasteiger partial charge in [-0.3, -0.25) is 19.5 Å². The number of piperidine rings is 1. The van der Waals surface area contributed by atoms with Crippen molar-refractivity contribution in [3.63, 3.8) is 0 Å². The van der Waals surface area contributed by atoms with Crippen LogP contribution in [0.1, 0.15) is 19.8 Å². The lowest BCUT2D eigenvalue weighted by Gasteiger charge is -2.32. The van der Waals surface area contributed by atoms with Gasteiger partial charge in [0.15, 0.2) is 0 Å². The van der Waals surface area contributed by atoms with E-state index in [1.807, 2.05) is 0 Å². The van der Waals surface area contributed by atoms with Crippen LogP contribution in [-0.4, -0.2) is 50.1 Å². The van der Waals surface area contributed by atoms with Gasteiger partial charge in [-0.2, -0.15) is 0 Å². The number of imidazole rings is 1. The van der Waals surface area contributed by atoms with Crippen LogP contribution < -0.4 is 4.90 Å². The van der Waals surface area contributed by atoms with E-state index in [2.05, 4.69) is 15.0 Å². The Labute approximate surface area is 143 Å². The van der Waals surface area contributed by atoms with Crippen molar-refractivity contribution in [3.8, 4) is 5.82 Å². The van der Waals surface area contributed by atoms with Crippen molar-refractivity contribution in [2.45, 2.75) is 19.8 Å². The van der Waals surface area contributed by atoms with Crippen molar-refractivity contribution in [1.82, 2.24) is 19.5 Å². The van der Waals surface area contributed by atoms with Crippen molar-refractivity contribution in [2.75, 3.05) is 24.6 Å². The standard InChI is InChI=1S/C15H18N6O4/c1-2-25-15(22)11-4-3-6-19(8-11)13-12(21(23)24)14(18-9-17-13)20-7-5-16-10-20/h5,7,9-11H,2-4,6,8H2,1H3. The van der Waals surface area contributed by atoms with Crippen LogP contribution in [0.5, 0.6) is 0 Å². The molecule has 1 atom stereocenters. The van der Waals surface area contributed by atoms with E-state index in [0.717, 1.165) is 6.42 Å². The van der Waals surface area contributed by atoms with Gasteiger partial charge in [-0.05, 0) is 19.8 Å². The SMILES string of the molecule is CCOC(=O)C1CCCN(c2ncnc(-n3ccnc3)c2[N+](=O)[O-])C1. The maximum absolute atomic E-state index is 12.0. The second kappa shape index (κ2) is 7.24. The number of carbonyl (C=O) groups is 1. The zero-order valence-electron chi connectivity index (χ0n) is 13.7. The van der Waals surface area contributed by atoms with Crippen LogP contribution in [0.15, 0.2) is 25.0 Å². The number of anilines is 1. The molecule has 2 aromatic rings. The van der Waals surface area contributed by atoms with E-state index in [9.17, 15) is 14.9 Å². The van der Waals surface area contributed by atoms with Crippen LogP contribution in [0.2, 0.25) is 0 Å². The molecule has 1 saturated heterocycles. The summed E-state index contributed by atoms with van der Waals surface area (Å²) in [6, 6.07) is 0. The zero-order valence-corrected chi connectivity index (χ0v) is 13.7. The fourth-order valence-corrected chi connectivity index (χ4v) is 2.95. The summed E-state index contributed by atoms with van der Waals surface area (Å²) in [4.78, 5) is 37.0. The van der Waals surface area contributed by atoms with E-state index >= 15 is 0 Å². The van der Waals surface area contributed by atoms with Crippen molar-refractivity contribution in [3.05, 3.63) is 35.2 Å². The van der Waals surface area contributed by atoms with Crippen LogP contribution in [0.25, 0.3) is 5.82 Å². The minimum Gasteiger partial charge on any atom is -0.466 e. The third-order valence-electron chi connectivity index (χ3n) is 4.06. The van der Waals surface area contributed by atoms with Crippen LogP contribution in [0.4, 0.5) is 11.5 Å². The Morgan fingerprint density at radius 2 is 2.24 bits per heavy atom. The molecule has 0 saturated carbocycles. The zero-order chi connectivity index (χ0) is 17.8. The predicted octanol–water partition coefficient (Wildman–Crippen LogP) is 1.35. The fourth-order valence-electron chi connectivity index (χ4n) is 2.95. The van der Waals surface area contributed by atoms with E-state index in [1.54, 1.807) is 18.0 Å². The Morgan fingerprint density at radius 3 is 2.92 bits per heavy atom. The van der Waals surface area contributed by atoms with E-state index in [0.29, 0.717) is 26.1 Å². The second-order valence-electron chi connectivity index (χ2n) is 5.63. The predicted molar refractivity (Wildman–Crippen MR) is 87.4 cm³/mol. The maximum atomic E-state index is 12.0. The minimum atomic E-state index is -0.501. The summed E-state index contributed by atoms with van der Waals surface area (Å²) in [5, 5.41) is 11.7. The lowest BCUT2D eigenvalue weighted by atomic mass is 9.98. The highest BCUT2D eigenvalue weighted by Gasteiger charge is 2.33. The van der Waals surface area contributed by atoms with Crippen molar-refractivity contribution >= 4 is 17.5 Å². The van der Waals surface area contributed by atoms with Gasteiger partial charge in [-0.15, -0.1) is 0 Å². The fraction of sp³-hybridized carbons (Fsp3) is 0.467. The first-order valence-electron chi connectivity index (χ1n) is 8.01. The van der Waals surface area contributed by atoms with E-state index in [-0.39, 0.29) is 29.2 Å². The van der Waals surface area contributed by atoms with Crippen LogP contribution in [0, 0.1) is 16.0 Å². The molecular weight excluding hydrogens is 328 g/mol. The number of rotatable bonds is 5. The summed E-state index contributed by atoms with van der Waals surface area (Å²) >= 11 is 0. The number of ether oxygens (including phenoxy) is 1. The molecule has 3 rings (SSSR count). The van der Waals surface area contributed by atoms with Gasteiger partial charge in [0.2, 0.25) is 11.6 Å². The van der Waals surface area contributed by atoms with Gasteiger partial charge in [-0.1, -0.05) is 0 Å². The van der Waals surface area contributed by atoms with Gasteiger partial charge in [0, 0.05) is 25.5 Å². The van der Waals surface area contributed by atoms with E-state index in [1.165, 1.54) is 23.4 Å². The van der Waals surface area contributed by atoms with E-state index in [4.69, 9.17) is 4.74 Å². The van der Waals surface area contributed by atoms with Crippen LogP contribution in [-0.2, 0) is 9.53 Å². The Hall–Kier alpha value is -3.04. The molecule has 1 aliphatic rings. The lowest BCUT2D eigenvalue weighted by Crippen LogP contribution is -2.40. The Bertz CT molecular complexity index is 763. The molecule has 0 amide bonds. The summed E-state index contributed by atoms with van der Waals surface area (Å²) in [7, 11) is 0. The first-order valence-corrected chi connectivity index (χ1v) is 8.01. The Balaban J connectivity index is 1.95. The summed E-state index contributed by atoms with van der Waals surface area (Å²) in [5.74, 6) is -0.248. The molecule has 2 aromatic heterocycles. The molecule has 25 heavy (non-hydrogen) atoms. The topological polar surface area (TPSA) is 116 Å². The lowest BCUT2D eigenvalue weighted by molar-refractivity contribution is -0.384. The quantitative estimate of drug-likeness (QED) is 0.452. The van der Waals surface area contributed by atoms with Crippen LogP contribution in [0.3, 0.4) is 0 Å². The molecule has 10 nitrogen and oxygen atoms in total. The first kappa shape index (κ1) is 16.8. The molecule has 1 fully saturated rings. The van der Waals surface area contributed by atoms with Gasteiger partial charge in [0.1, 0.15) is 12.7 Å². The monoisotopic (exact) mass is 346 g/mol. The molecule has 0 aromatic carbocycles. The molecule has 132 valence electrons. The van der Waals surface area contributed by atoms with Crippen LogP contribution >= 0.6 is 0 Å². The smallest absolute Gasteiger partial charge is 0.354 e. The first-order chi connectivity index (χ1) is 12.1. The molecular formula is C15H18N6O4. The average Bonchev–Trinajstić information content (AvgIpc) is 3.16. The highest BCUT2D eigenvalue weighted by atomic mass is 16.6. The van der Waals surface area contributed by atoms with Crippen molar-refractivity contribution in [1.29, 1.82) is 0 Å². The Kier molecular flexibility index (Phi) is 4.87. The highest BCUT2D eigenvalue weighted by Crippen LogP contribution is 2.33. The third kappa shape index (κ3) is 3.42. The minimum absolute atomic E-state index is 0.144. The number of nitrogens with zero attached hydrogens (tertiary/aromatic N) is 6. The molecule has 1 unspecified atom stereocenters. The molecule has 10 heteroatoms. The number of aromatic nitrogens is 4. The number of nitro groups is 1. The summed E-state index contributed by atoms with van der Waals surface area (Å²) in [6.45, 7) is 2.98. The second-order valence-corrected chi connectivity index (χ2v) is 5.63. The molecule has 0 radical (unpaired) electrons. The van der Waals surface area contributed by atoms with Gasteiger partial charge >= 0.3 is 11.7 Å². The van der Waals surface area contributed by atoms with Gasteiger partial charge in [-0.25, -0.2) is 15.0 Å². The number of esters is 1.